The number of rotatable bonds is 10. The standard InChI is InChI=1S/C25H26F6N6O5S/c1-40-19-7-6-18(13-20(19)41-2)43(38,39)37-10-8-16(9-11-37)32-21-34-22(36-23(35-21)42-14-24(26,27)28)33-17-5-3-4-15(12-17)25(29,30)31/h3-7,12-13,16H,8-11,14H2,1-2H3,(H2,32,33,34,35,36). The second-order valence-electron chi connectivity index (χ2n) is 9.21. The molecule has 2 N–H and O–H groups in total. The average molecular weight is 637 g/mol. The maximum Gasteiger partial charge on any atom is 0.422 e. The second kappa shape index (κ2) is 12.7. The molecule has 0 radical (unpaired) electrons. The molecule has 1 saturated heterocycles. The number of piperidine rings is 1. The van der Waals surface area contributed by atoms with E-state index in [1.807, 2.05) is 0 Å². The van der Waals surface area contributed by atoms with E-state index in [-0.39, 0.29) is 54.2 Å². The first-order valence-electron chi connectivity index (χ1n) is 12.6. The number of hydrogen-bond acceptors (Lipinski definition) is 10. The Labute approximate surface area is 242 Å². The topological polar surface area (TPSA) is 128 Å². The molecule has 0 bridgehead atoms. The Morgan fingerprint density at radius 1 is 0.907 bits per heavy atom. The lowest BCUT2D eigenvalue weighted by molar-refractivity contribution is -0.154. The van der Waals surface area contributed by atoms with Gasteiger partial charge in [-0.05, 0) is 43.2 Å². The van der Waals surface area contributed by atoms with Crippen molar-refractivity contribution in [3.05, 3.63) is 48.0 Å². The SMILES string of the molecule is COc1ccc(S(=O)(=O)N2CCC(Nc3nc(Nc4cccc(C(F)(F)F)c4)nc(OCC(F)(F)F)n3)CC2)cc1OC. The molecule has 3 aromatic rings. The van der Waals surface area contributed by atoms with Crippen LogP contribution in [-0.4, -0.2) is 73.8 Å². The highest BCUT2D eigenvalue weighted by Gasteiger charge is 2.32. The number of sulfonamides is 1. The van der Waals surface area contributed by atoms with E-state index in [4.69, 9.17) is 9.47 Å². The number of benzene rings is 2. The Morgan fingerprint density at radius 3 is 2.21 bits per heavy atom. The van der Waals surface area contributed by atoms with Gasteiger partial charge in [-0.3, -0.25) is 0 Å². The molecule has 2 heterocycles. The van der Waals surface area contributed by atoms with Crippen molar-refractivity contribution in [1.29, 1.82) is 0 Å². The lowest BCUT2D eigenvalue weighted by atomic mass is 10.1. The van der Waals surface area contributed by atoms with E-state index in [0.29, 0.717) is 5.75 Å². The zero-order chi connectivity index (χ0) is 31.4. The summed E-state index contributed by atoms with van der Waals surface area (Å²) in [5, 5.41) is 5.45. The van der Waals surface area contributed by atoms with Crippen molar-refractivity contribution in [1.82, 2.24) is 19.3 Å². The molecule has 0 aliphatic carbocycles. The Hall–Kier alpha value is -4.06. The molecule has 1 fully saturated rings. The van der Waals surface area contributed by atoms with Crippen molar-refractivity contribution < 1.29 is 49.0 Å². The van der Waals surface area contributed by atoms with Gasteiger partial charge >= 0.3 is 18.4 Å². The summed E-state index contributed by atoms with van der Waals surface area (Å²) in [6, 6.07) is 7.15. The van der Waals surface area contributed by atoms with E-state index < -0.39 is 46.6 Å². The molecule has 1 aromatic heterocycles. The molecule has 4 rings (SSSR count). The smallest absolute Gasteiger partial charge is 0.422 e. The maximum atomic E-state index is 13.2. The van der Waals surface area contributed by atoms with Crippen LogP contribution in [0.4, 0.5) is 43.9 Å². The normalized spacial score (nSPS) is 15.2. The predicted octanol–water partition coefficient (Wildman–Crippen LogP) is 4.86. The summed E-state index contributed by atoms with van der Waals surface area (Å²) < 4.78 is 120. The third-order valence-corrected chi connectivity index (χ3v) is 8.10. The zero-order valence-corrected chi connectivity index (χ0v) is 23.5. The van der Waals surface area contributed by atoms with Gasteiger partial charge < -0.3 is 24.8 Å². The molecule has 2 aromatic carbocycles. The summed E-state index contributed by atoms with van der Waals surface area (Å²) in [4.78, 5) is 11.7. The summed E-state index contributed by atoms with van der Waals surface area (Å²) in [5.74, 6) is 0.0144. The zero-order valence-electron chi connectivity index (χ0n) is 22.7. The number of ether oxygens (including phenoxy) is 3. The fraction of sp³-hybridized carbons (Fsp3) is 0.400. The van der Waals surface area contributed by atoms with Gasteiger partial charge in [-0.25, -0.2) is 8.42 Å². The van der Waals surface area contributed by atoms with Crippen LogP contribution in [0.3, 0.4) is 0 Å². The summed E-state index contributed by atoms with van der Waals surface area (Å²) >= 11 is 0. The first kappa shape index (κ1) is 31.9. The number of nitrogens with one attached hydrogen (secondary N) is 2. The molecule has 1 aliphatic rings. The minimum absolute atomic E-state index is 0.00536. The molecule has 0 spiro atoms. The molecule has 0 saturated carbocycles. The third-order valence-electron chi connectivity index (χ3n) is 6.21. The number of aromatic nitrogens is 3. The second-order valence-corrected chi connectivity index (χ2v) is 11.2. The van der Waals surface area contributed by atoms with Gasteiger partial charge in [0.05, 0.1) is 24.7 Å². The largest absolute Gasteiger partial charge is 0.493 e. The molecule has 1 aliphatic heterocycles. The van der Waals surface area contributed by atoms with Crippen LogP contribution in [0.15, 0.2) is 47.4 Å². The molecular formula is C25H26F6N6O5S. The highest BCUT2D eigenvalue weighted by Crippen LogP contribution is 2.33. The van der Waals surface area contributed by atoms with Crippen LogP contribution in [0, 0.1) is 0 Å². The molecule has 18 heteroatoms. The Morgan fingerprint density at radius 2 is 1.58 bits per heavy atom. The van der Waals surface area contributed by atoms with Gasteiger partial charge in [-0.15, -0.1) is 0 Å². The number of nitrogens with zero attached hydrogens (tertiary/aromatic N) is 4. The molecule has 11 nitrogen and oxygen atoms in total. The van der Waals surface area contributed by atoms with Crippen LogP contribution in [0.25, 0.3) is 0 Å². The quantitative estimate of drug-likeness (QED) is 0.298. The summed E-state index contributed by atoms with van der Waals surface area (Å²) in [5.41, 5.74) is -1.05. The van der Waals surface area contributed by atoms with Crippen LogP contribution in [0.5, 0.6) is 17.5 Å². The van der Waals surface area contributed by atoms with E-state index in [1.54, 1.807) is 0 Å². The Bertz CT molecular complexity index is 1530. The monoisotopic (exact) mass is 636 g/mol. The van der Waals surface area contributed by atoms with Gasteiger partial charge in [-0.2, -0.15) is 45.6 Å². The van der Waals surface area contributed by atoms with Crippen molar-refractivity contribution in [2.45, 2.75) is 36.1 Å². The van der Waals surface area contributed by atoms with Crippen LogP contribution >= 0.6 is 0 Å². The lowest BCUT2D eigenvalue weighted by Gasteiger charge is -2.31. The van der Waals surface area contributed by atoms with Gasteiger partial charge in [0.2, 0.25) is 21.9 Å². The number of halogens is 6. The first-order valence-corrected chi connectivity index (χ1v) is 14.0. The van der Waals surface area contributed by atoms with E-state index in [9.17, 15) is 34.8 Å². The van der Waals surface area contributed by atoms with Crippen LogP contribution in [0.1, 0.15) is 18.4 Å². The fourth-order valence-electron chi connectivity index (χ4n) is 4.14. The Kier molecular flexibility index (Phi) is 9.38. The minimum atomic E-state index is -4.71. The van der Waals surface area contributed by atoms with Crippen LogP contribution in [0.2, 0.25) is 0 Å². The summed E-state index contributed by atoms with van der Waals surface area (Å²) in [6.07, 6.45) is -8.80. The van der Waals surface area contributed by atoms with E-state index >= 15 is 0 Å². The molecule has 0 unspecified atom stereocenters. The first-order chi connectivity index (χ1) is 20.2. The van der Waals surface area contributed by atoms with Crippen molar-refractivity contribution >= 4 is 27.6 Å². The van der Waals surface area contributed by atoms with Gasteiger partial charge in [0.1, 0.15) is 0 Å². The third kappa shape index (κ3) is 8.28. The van der Waals surface area contributed by atoms with Crippen molar-refractivity contribution in [3.63, 3.8) is 0 Å². The molecule has 0 atom stereocenters. The van der Waals surface area contributed by atoms with Crippen LogP contribution < -0.4 is 24.8 Å². The van der Waals surface area contributed by atoms with Gasteiger partial charge in [0.25, 0.3) is 0 Å². The van der Waals surface area contributed by atoms with Gasteiger partial charge in [0, 0.05) is 30.9 Å². The van der Waals surface area contributed by atoms with Crippen molar-refractivity contribution in [2.24, 2.45) is 0 Å². The fourth-order valence-corrected chi connectivity index (χ4v) is 5.63. The number of alkyl halides is 6. The summed E-state index contributed by atoms with van der Waals surface area (Å²) in [6.45, 7) is -1.54. The molecule has 43 heavy (non-hydrogen) atoms. The van der Waals surface area contributed by atoms with E-state index in [0.717, 1.165) is 18.2 Å². The molecule has 234 valence electrons. The average Bonchev–Trinajstić information content (AvgIpc) is 2.95. The Balaban J connectivity index is 1.49. The van der Waals surface area contributed by atoms with Gasteiger partial charge in [-0.1, -0.05) is 6.07 Å². The van der Waals surface area contributed by atoms with Crippen LogP contribution in [-0.2, 0) is 16.2 Å². The van der Waals surface area contributed by atoms with Gasteiger partial charge in [0.15, 0.2) is 18.1 Å². The predicted molar refractivity (Wildman–Crippen MR) is 141 cm³/mol. The summed E-state index contributed by atoms with van der Waals surface area (Å²) in [7, 11) is -1.08. The highest BCUT2D eigenvalue weighted by molar-refractivity contribution is 7.89. The number of methoxy groups -OCH3 is 2. The van der Waals surface area contributed by atoms with Crippen molar-refractivity contribution in [2.75, 3.05) is 44.5 Å². The highest BCUT2D eigenvalue weighted by atomic mass is 32.2. The number of anilines is 3. The lowest BCUT2D eigenvalue weighted by Crippen LogP contribution is -2.42. The van der Waals surface area contributed by atoms with E-state index in [2.05, 4.69) is 30.3 Å². The van der Waals surface area contributed by atoms with E-state index in [1.165, 1.54) is 42.8 Å². The minimum Gasteiger partial charge on any atom is -0.493 e. The molecular weight excluding hydrogens is 610 g/mol. The number of hydrogen-bond donors (Lipinski definition) is 2. The maximum absolute atomic E-state index is 13.2. The van der Waals surface area contributed by atoms with Crippen molar-refractivity contribution in [3.8, 4) is 17.5 Å². The molecule has 0 amide bonds.